The second-order valence-corrected chi connectivity index (χ2v) is 6.44. The van der Waals surface area contributed by atoms with Gasteiger partial charge in [-0.15, -0.1) is 10.2 Å². The first kappa shape index (κ1) is 16.0. The van der Waals surface area contributed by atoms with Crippen LogP contribution in [0.5, 0.6) is 0 Å². The van der Waals surface area contributed by atoms with E-state index in [1.165, 1.54) is 38.7 Å². The van der Waals surface area contributed by atoms with Crippen molar-refractivity contribution in [2.75, 3.05) is 0 Å². The molecule has 1 aliphatic carbocycles. The van der Waals surface area contributed by atoms with Crippen molar-refractivity contribution in [3.8, 4) is 22.4 Å². The number of halogens is 1. The third-order valence-electron chi connectivity index (χ3n) is 4.24. The van der Waals surface area contributed by atoms with Crippen LogP contribution in [0.1, 0.15) is 0 Å². The van der Waals surface area contributed by atoms with Crippen molar-refractivity contribution in [3.63, 3.8) is 0 Å². The van der Waals surface area contributed by atoms with E-state index < -0.39 is 10.2 Å². The molecule has 0 bridgehead atoms. The molecule has 0 fully saturated rings. The van der Waals surface area contributed by atoms with Crippen LogP contribution in [-0.4, -0.2) is 0 Å². The van der Waals surface area contributed by atoms with Gasteiger partial charge in [-0.1, -0.05) is 36.4 Å². The highest BCUT2D eigenvalue weighted by atomic mass is 35.7. The summed E-state index contributed by atoms with van der Waals surface area (Å²) >= 11 is 0. The van der Waals surface area contributed by atoms with E-state index in [1.54, 1.807) is 0 Å². The minimum Gasteiger partial charge on any atom is -0.222 e. The van der Waals surface area contributed by atoms with Crippen molar-refractivity contribution in [1.29, 1.82) is 0 Å². The molecule has 0 spiro atoms. The smallest absolute Gasteiger partial charge is 0.222 e. The van der Waals surface area contributed by atoms with Crippen molar-refractivity contribution in [3.05, 3.63) is 72.9 Å². The number of rotatable bonds is 0. The number of benzene rings is 2. The van der Waals surface area contributed by atoms with E-state index in [0.717, 1.165) is 0 Å². The fourth-order valence-corrected chi connectivity index (χ4v) is 3.43. The van der Waals surface area contributed by atoms with Gasteiger partial charge in [0.05, 0.1) is 10.9 Å². The van der Waals surface area contributed by atoms with Crippen LogP contribution in [0.25, 0.3) is 38.7 Å². The number of hydrogen-bond acceptors (Lipinski definition) is 4. The Bertz CT molecular complexity index is 1100. The lowest BCUT2D eigenvalue weighted by atomic mass is 10.0. The maximum Gasteiger partial charge on any atom is 0.227 e. The SMILES string of the molecule is [O-][Cl+3]([O-])([O-])[O-].c1ccc2c(c1)-c1cccc3cc4cccc[n+]4c-2c13. The van der Waals surface area contributed by atoms with Crippen LogP contribution in [0, 0.1) is 10.2 Å². The van der Waals surface area contributed by atoms with Crippen molar-refractivity contribution < 1.29 is 33.3 Å². The van der Waals surface area contributed by atoms with Gasteiger partial charge in [0.15, 0.2) is 6.20 Å². The lowest BCUT2D eigenvalue weighted by Gasteiger charge is -2.17. The van der Waals surface area contributed by atoms with Gasteiger partial charge in [-0.05, 0) is 28.6 Å². The lowest BCUT2D eigenvalue weighted by molar-refractivity contribution is -2.00. The first-order valence-corrected chi connectivity index (χ1v) is 8.74. The average molecular weight is 354 g/mol. The van der Waals surface area contributed by atoms with Gasteiger partial charge in [-0.3, -0.25) is 0 Å². The summed E-state index contributed by atoms with van der Waals surface area (Å²) in [6.45, 7) is 0. The van der Waals surface area contributed by atoms with Gasteiger partial charge < -0.3 is 0 Å². The summed E-state index contributed by atoms with van der Waals surface area (Å²) in [6, 6.07) is 23.9. The summed E-state index contributed by atoms with van der Waals surface area (Å²) in [5.41, 5.74) is 6.59. The molecule has 2 aromatic heterocycles. The van der Waals surface area contributed by atoms with E-state index in [9.17, 15) is 0 Å². The highest BCUT2D eigenvalue weighted by Crippen LogP contribution is 2.45. The topological polar surface area (TPSA) is 96.3 Å². The van der Waals surface area contributed by atoms with Crippen LogP contribution in [0.15, 0.2) is 72.9 Å². The lowest BCUT2D eigenvalue weighted by Crippen LogP contribution is -2.68. The molecule has 6 heteroatoms. The number of nitrogens with zero attached hydrogens (tertiary/aromatic N) is 1. The standard InChI is InChI=1S/C19H12N.ClHO4/c1-2-9-17-15(8-1)16-10-5-6-13-12-14-7-3-4-11-20(14)19(17)18(13)16;2-1(3,4)5/h1-12H;(H,2,3,4,5)/q+1;/p-1. The van der Waals surface area contributed by atoms with Crippen molar-refractivity contribution in [2.24, 2.45) is 0 Å². The van der Waals surface area contributed by atoms with E-state index in [0.29, 0.717) is 0 Å². The van der Waals surface area contributed by atoms with Gasteiger partial charge in [0, 0.05) is 18.2 Å². The molecule has 5 nitrogen and oxygen atoms in total. The zero-order chi connectivity index (χ0) is 17.6. The quantitative estimate of drug-likeness (QED) is 0.276. The normalized spacial score (nSPS) is 12.0. The maximum atomic E-state index is 8.49. The predicted octanol–water partition coefficient (Wildman–Crippen LogP) is -0.530. The van der Waals surface area contributed by atoms with Crippen molar-refractivity contribution >= 4 is 16.3 Å². The monoisotopic (exact) mass is 353 g/mol. The molecule has 4 aromatic rings. The molecule has 124 valence electrons. The van der Waals surface area contributed by atoms with E-state index in [2.05, 4.69) is 77.3 Å². The molecule has 0 saturated heterocycles. The molecular weight excluding hydrogens is 342 g/mol. The minimum atomic E-state index is -4.94. The Labute approximate surface area is 145 Å². The largest absolute Gasteiger partial charge is 0.227 e. The number of pyridine rings is 2. The summed E-state index contributed by atoms with van der Waals surface area (Å²) in [5, 5.41) is 2.69. The Morgan fingerprint density at radius 2 is 1.32 bits per heavy atom. The number of aromatic nitrogens is 1. The first-order chi connectivity index (χ1) is 11.9. The van der Waals surface area contributed by atoms with Crippen LogP contribution in [0.3, 0.4) is 0 Å². The van der Waals surface area contributed by atoms with Gasteiger partial charge >= 0.3 is 0 Å². The molecule has 2 heterocycles. The summed E-state index contributed by atoms with van der Waals surface area (Å²) in [5.74, 6) is 0. The van der Waals surface area contributed by atoms with Crippen molar-refractivity contribution in [1.82, 2.24) is 0 Å². The minimum absolute atomic E-state index is 1.24. The van der Waals surface area contributed by atoms with Crippen LogP contribution in [-0.2, 0) is 0 Å². The molecule has 0 amide bonds. The second-order valence-electron chi connectivity index (χ2n) is 5.68. The number of fused-ring (bicyclic) bond motifs is 5. The van der Waals surface area contributed by atoms with Gasteiger partial charge in [-0.2, -0.15) is 4.40 Å². The van der Waals surface area contributed by atoms with Crippen LogP contribution in [0.2, 0.25) is 0 Å². The zero-order valence-electron chi connectivity index (χ0n) is 12.9. The molecule has 0 unspecified atom stereocenters. The van der Waals surface area contributed by atoms with Gasteiger partial charge in [0.25, 0.3) is 0 Å². The Morgan fingerprint density at radius 1 is 0.680 bits per heavy atom. The van der Waals surface area contributed by atoms with Crippen LogP contribution in [0.4, 0.5) is 0 Å². The molecule has 25 heavy (non-hydrogen) atoms. The highest BCUT2D eigenvalue weighted by Gasteiger charge is 2.28. The Hall–Kier alpha value is -2.54. The zero-order valence-corrected chi connectivity index (χ0v) is 13.6. The Morgan fingerprint density at radius 3 is 2.08 bits per heavy atom. The van der Waals surface area contributed by atoms with E-state index in [4.69, 9.17) is 18.6 Å². The average Bonchev–Trinajstić information content (AvgIpc) is 2.91. The summed E-state index contributed by atoms with van der Waals surface area (Å²) in [4.78, 5) is 0. The molecule has 0 N–H and O–H groups in total. The molecule has 0 saturated carbocycles. The fourth-order valence-electron chi connectivity index (χ4n) is 3.43. The highest BCUT2D eigenvalue weighted by molar-refractivity contribution is 6.13. The third-order valence-corrected chi connectivity index (χ3v) is 4.24. The van der Waals surface area contributed by atoms with E-state index in [-0.39, 0.29) is 0 Å². The molecule has 0 atom stereocenters. The van der Waals surface area contributed by atoms with E-state index >= 15 is 0 Å². The summed E-state index contributed by atoms with van der Waals surface area (Å²) in [6.07, 6.45) is 2.16. The van der Waals surface area contributed by atoms with Crippen LogP contribution < -0.4 is 23.0 Å². The Kier molecular flexibility index (Phi) is 3.68. The van der Waals surface area contributed by atoms with Gasteiger partial charge in [0.2, 0.25) is 11.2 Å². The van der Waals surface area contributed by atoms with Crippen molar-refractivity contribution in [2.45, 2.75) is 0 Å². The first-order valence-electron chi connectivity index (χ1n) is 7.51. The van der Waals surface area contributed by atoms with E-state index in [1.807, 2.05) is 0 Å². The second kappa shape index (κ2) is 5.77. The molecule has 2 aromatic carbocycles. The van der Waals surface area contributed by atoms with Crippen LogP contribution >= 0.6 is 0 Å². The summed E-state index contributed by atoms with van der Waals surface area (Å²) in [7, 11) is -4.94. The predicted molar refractivity (Wildman–Crippen MR) is 81.5 cm³/mol. The molecule has 5 rings (SSSR count). The third kappa shape index (κ3) is 2.84. The molecule has 0 radical (unpaired) electrons. The Balaban J connectivity index is 0.000000280. The summed E-state index contributed by atoms with van der Waals surface area (Å²) < 4.78 is 36.3. The number of hydrogen-bond donors (Lipinski definition) is 0. The molecular formula is C19H12ClNO4. The molecule has 0 aliphatic heterocycles. The maximum absolute atomic E-state index is 8.49. The fraction of sp³-hybridized carbons (Fsp3) is 0. The van der Waals surface area contributed by atoms with Gasteiger partial charge in [0.1, 0.15) is 0 Å². The molecule has 1 aliphatic rings. The van der Waals surface area contributed by atoms with Gasteiger partial charge in [-0.25, -0.2) is 18.6 Å².